The van der Waals surface area contributed by atoms with Crippen LogP contribution in [0.1, 0.15) is 11.4 Å². The van der Waals surface area contributed by atoms with Crippen molar-refractivity contribution < 1.29 is 8.42 Å². The van der Waals surface area contributed by atoms with Gasteiger partial charge in [-0.25, -0.2) is 22.7 Å². The average Bonchev–Trinajstić information content (AvgIpc) is 2.62. The van der Waals surface area contributed by atoms with E-state index in [1.165, 1.54) is 18.4 Å². The van der Waals surface area contributed by atoms with E-state index >= 15 is 0 Å². The molecule has 3 rings (SSSR count). The van der Waals surface area contributed by atoms with Gasteiger partial charge in [0, 0.05) is 42.8 Å². The van der Waals surface area contributed by atoms with E-state index in [0.29, 0.717) is 5.82 Å². The van der Waals surface area contributed by atoms with Crippen LogP contribution in [0.4, 0.5) is 0 Å². The fraction of sp³-hybridized carbons (Fsp3) is 0.211. The van der Waals surface area contributed by atoms with E-state index in [1.807, 2.05) is 32.0 Å². The number of aryl methyl sites for hydroxylation is 2. The first-order chi connectivity index (χ1) is 12.3. The summed E-state index contributed by atoms with van der Waals surface area (Å²) in [4.78, 5) is 13.7. The van der Waals surface area contributed by atoms with Crippen molar-refractivity contribution in [3.05, 3.63) is 60.0 Å². The topological polar surface area (TPSA) is 76.1 Å². The fourth-order valence-corrected chi connectivity index (χ4v) is 3.49. The summed E-state index contributed by atoms with van der Waals surface area (Å²) >= 11 is 0. The quantitative estimate of drug-likeness (QED) is 0.707. The second kappa shape index (κ2) is 6.93. The lowest BCUT2D eigenvalue weighted by Gasteiger charge is -2.11. The molecule has 3 aromatic rings. The maximum absolute atomic E-state index is 12.2. The van der Waals surface area contributed by atoms with Crippen molar-refractivity contribution in [2.24, 2.45) is 0 Å². The first-order valence-corrected chi connectivity index (χ1v) is 9.53. The number of aromatic nitrogens is 3. The van der Waals surface area contributed by atoms with Gasteiger partial charge in [-0.2, -0.15) is 0 Å². The highest BCUT2D eigenvalue weighted by Crippen LogP contribution is 2.24. The zero-order valence-electron chi connectivity index (χ0n) is 15.1. The Morgan fingerprint density at radius 2 is 1.58 bits per heavy atom. The summed E-state index contributed by atoms with van der Waals surface area (Å²) in [6.07, 6.45) is 1.70. The van der Waals surface area contributed by atoms with Gasteiger partial charge in [-0.1, -0.05) is 0 Å². The van der Waals surface area contributed by atoms with Gasteiger partial charge in [0.1, 0.15) is 0 Å². The van der Waals surface area contributed by atoms with Crippen molar-refractivity contribution >= 4 is 10.0 Å². The van der Waals surface area contributed by atoms with E-state index in [1.54, 1.807) is 30.5 Å². The van der Waals surface area contributed by atoms with E-state index in [9.17, 15) is 8.42 Å². The van der Waals surface area contributed by atoms with E-state index in [-0.39, 0.29) is 4.90 Å². The molecule has 0 N–H and O–H groups in total. The smallest absolute Gasteiger partial charge is 0.242 e. The molecule has 0 fully saturated rings. The Balaban J connectivity index is 1.98. The molecule has 6 nitrogen and oxygen atoms in total. The number of sulfonamides is 1. The highest BCUT2D eigenvalue weighted by atomic mass is 32.2. The van der Waals surface area contributed by atoms with Gasteiger partial charge < -0.3 is 0 Å². The SMILES string of the molecule is Cc1ccc(-c2ccnc(-c3ccc(S(=O)(=O)N(C)C)cc3)n2)c(C)n1. The normalized spacial score (nSPS) is 11.7. The molecular formula is C19H20N4O2S. The van der Waals surface area contributed by atoms with Crippen molar-refractivity contribution in [2.45, 2.75) is 18.7 Å². The molecule has 0 unspecified atom stereocenters. The van der Waals surface area contributed by atoms with Gasteiger partial charge in [-0.15, -0.1) is 0 Å². The minimum absolute atomic E-state index is 0.237. The van der Waals surface area contributed by atoms with Crippen LogP contribution in [-0.4, -0.2) is 41.8 Å². The molecule has 0 radical (unpaired) electrons. The second-order valence-corrected chi connectivity index (χ2v) is 8.31. The van der Waals surface area contributed by atoms with E-state index in [4.69, 9.17) is 0 Å². The molecule has 0 saturated carbocycles. The first-order valence-electron chi connectivity index (χ1n) is 8.09. The molecule has 0 aliphatic heterocycles. The monoisotopic (exact) mass is 368 g/mol. The molecule has 2 aromatic heterocycles. The van der Waals surface area contributed by atoms with Gasteiger partial charge in [0.15, 0.2) is 5.82 Å². The summed E-state index contributed by atoms with van der Waals surface area (Å²) in [6.45, 7) is 3.90. The number of hydrogen-bond donors (Lipinski definition) is 0. The largest absolute Gasteiger partial charge is 0.258 e. The maximum Gasteiger partial charge on any atom is 0.242 e. The van der Waals surface area contributed by atoms with Crippen LogP contribution in [0.3, 0.4) is 0 Å². The predicted octanol–water partition coefficient (Wildman–Crippen LogP) is 3.07. The number of benzene rings is 1. The highest BCUT2D eigenvalue weighted by Gasteiger charge is 2.17. The number of nitrogens with zero attached hydrogens (tertiary/aromatic N) is 4. The summed E-state index contributed by atoms with van der Waals surface area (Å²) in [5.74, 6) is 0.538. The zero-order valence-corrected chi connectivity index (χ0v) is 15.9. The highest BCUT2D eigenvalue weighted by molar-refractivity contribution is 7.89. The Morgan fingerprint density at radius 3 is 2.19 bits per heavy atom. The van der Waals surface area contributed by atoms with Crippen LogP contribution in [0.5, 0.6) is 0 Å². The molecule has 0 bridgehead atoms. The molecular weight excluding hydrogens is 348 g/mol. The van der Waals surface area contributed by atoms with Crippen molar-refractivity contribution in [1.82, 2.24) is 19.3 Å². The lowest BCUT2D eigenvalue weighted by Crippen LogP contribution is -2.22. The van der Waals surface area contributed by atoms with Crippen LogP contribution < -0.4 is 0 Å². The third-order valence-electron chi connectivity index (χ3n) is 4.05. The van der Waals surface area contributed by atoms with Crippen LogP contribution in [0.25, 0.3) is 22.6 Å². The Kier molecular flexibility index (Phi) is 4.84. The van der Waals surface area contributed by atoms with Crippen LogP contribution in [0, 0.1) is 13.8 Å². The van der Waals surface area contributed by atoms with Crippen molar-refractivity contribution in [1.29, 1.82) is 0 Å². The van der Waals surface area contributed by atoms with E-state index in [0.717, 1.165) is 28.2 Å². The van der Waals surface area contributed by atoms with Gasteiger partial charge in [0.25, 0.3) is 0 Å². The lowest BCUT2D eigenvalue weighted by molar-refractivity contribution is 0.521. The Morgan fingerprint density at radius 1 is 0.885 bits per heavy atom. The van der Waals surface area contributed by atoms with Crippen LogP contribution in [0.15, 0.2) is 53.6 Å². The molecule has 2 heterocycles. The number of rotatable bonds is 4. The maximum atomic E-state index is 12.2. The Bertz CT molecular complexity index is 1050. The Labute approximate surface area is 153 Å². The molecule has 0 amide bonds. The standard InChI is InChI=1S/C19H20N4O2S/c1-13-5-10-17(14(2)21-13)18-11-12-20-19(22-18)15-6-8-16(9-7-15)26(24,25)23(3)4/h5-12H,1-4H3. The summed E-state index contributed by atoms with van der Waals surface area (Å²) < 4.78 is 25.5. The predicted molar refractivity (Wildman–Crippen MR) is 101 cm³/mol. The van der Waals surface area contributed by atoms with Crippen LogP contribution in [0.2, 0.25) is 0 Å². The van der Waals surface area contributed by atoms with Crippen molar-refractivity contribution in [2.75, 3.05) is 14.1 Å². The zero-order chi connectivity index (χ0) is 18.9. The van der Waals surface area contributed by atoms with Gasteiger partial charge >= 0.3 is 0 Å². The minimum atomic E-state index is -3.45. The first kappa shape index (κ1) is 18.2. The fourth-order valence-electron chi connectivity index (χ4n) is 2.59. The van der Waals surface area contributed by atoms with Gasteiger partial charge in [-0.05, 0) is 56.3 Å². The Hall–Kier alpha value is -2.64. The molecule has 7 heteroatoms. The van der Waals surface area contributed by atoms with Gasteiger partial charge in [-0.3, -0.25) is 4.98 Å². The molecule has 0 atom stereocenters. The van der Waals surface area contributed by atoms with Gasteiger partial charge in [0.05, 0.1) is 10.6 Å². The molecule has 1 aromatic carbocycles. The number of pyridine rings is 1. The summed E-state index contributed by atoms with van der Waals surface area (Å²) in [5.41, 5.74) is 4.35. The average molecular weight is 368 g/mol. The van der Waals surface area contributed by atoms with Crippen LogP contribution >= 0.6 is 0 Å². The second-order valence-electron chi connectivity index (χ2n) is 6.16. The summed E-state index contributed by atoms with van der Waals surface area (Å²) in [6, 6.07) is 12.4. The van der Waals surface area contributed by atoms with Crippen LogP contribution in [-0.2, 0) is 10.0 Å². The minimum Gasteiger partial charge on any atom is -0.258 e. The third-order valence-corrected chi connectivity index (χ3v) is 5.88. The van der Waals surface area contributed by atoms with Gasteiger partial charge in [0.2, 0.25) is 10.0 Å². The molecule has 26 heavy (non-hydrogen) atoms. The molecule has 0 aliphatic rings. The molecule has 0 spiro atoms. The lowest BCUT2D eigenvalue weighted by atomic mass is 10.1. The summed E-state index contributed by atoms with van der Waals surface area (Å²) in [7, 11) is -0.437. The van der Waals surface area contributed by atoms with Crippen molar-refractivity contribution in [3.8, 4) is 22.6 Å². The molecule has 0 saturated heterocycles. The summed E-state index contributed by atoms with van der Waals surface area (Å²) in [5, 5.41) is 0. The van der Waals surface area contributed by atoms with E-state index < -0.39 is 10.0 Å². The molecule has 0 aliphatic carbocycles. The molecule has 134 valence electrons. The number of hydrogen-bond acceptors (Lipinski definition) is 5. The van der Waals surface area contributed by atoms with Crippen molar-refractivity contribution in [3.63, 3.8) is 0 Å². The van der Waals surface area contributed by atoms with E-state index in [2.05, 4.69) is 15.0 Å². The third kappa shape index (κ3) is 3.49.